The second kappa shape index (κ2) is 13.6. The Balaban J connectivity index is 1.15. The van der Waals surface area contributed by atoms with Crippen LogP contribution in [0.5, 0.6) is 0 Å². The van der Waals surface area contributed by atoms with E-state index in [1.54, 1.807) is 24.8 Å². The number of Topliss-reactive ketones (excluding diaryl/α,β-unsaturated/α-hetero) is 1. The number of ether oxygens (including phenoxy) is 4. The van der Waals surface area contributed by atoms with Crippen LogP contribution in [0.2, 0.25) is 0 Å². The fourth-order valence-corrected chi connectivity index (χ4v) is 5.77. The molecule has 4 rings (SSSR count). The summed E-state index contributed by atoms with van der Waals surface area (Å²) in [6, 6.07) is 0. The van der Waals surface area contributed by atoms with Crippen molar-refractivity contribution >= 4 is 17.7 Å². The number of aliphatic hydroxyl groups is 1. The number of amides is 1. The molecular formula is C31H45NO8. The molecule has 222 valence electrons. The maximum absolute atomic E-state index is 12.6. The first-order valence-corrected chi connectivity index (χ1v) is 14.7. The SMILES string of the molecule is CC(=O)[C@H]1CCN(C(=O)O[C@@H](C)/C=C\C(=O)C[C@@H]2CC[C@H](C/C=C(C)/C=C/C3OCC[C@@]4(CO4)[C@@H]3O)O[C@@H]2C)C1. The molecule has 0 saturated carbocycles. The molecule has 0 bridgehead atoms. The van der Waals surface area contributed by atoms with Gasteiger partial charge in [-0.2, -0.15) is 0 Å². The lowest BCUT2D eigenvalue weighted by Crippen LogP contribution is -2.46. The summed E-state index contributed by atoms with van der Waals surface area (Å²) < 4.78 is 22.8. The van der Waals surface area contributed by atoms with E-state index >= 15 is 0 Å². The summed E-state index contributed by atoms with van der Waals surface area (Å²) in [4.78, 5) is 38.0. The number of allylic oxidation sites excluding steroid dienone is 3. The monoisotopic (exact) mass is 559 g/mol. The van der Waals surface area contributed by atoms with Crippen LogP contribution in [0.15, 0.2) is 36.0 Å². The minimum atomic E-state index is -0.628. The third kappa shape index (κ3) is 8.12. The van der Waals surface area contributed by atoms with Crippen molar-refractivity contribution in [2.45, 2.75) is 102 Å². The van der Waals surface area contributed by atoms with Crippen molar-refractivity contribution in [3.63, 3.8) is 0 Å². The molecule has 0 aromatic rings. The number of carbonyl (C=O) groups excluding carboxylic acids is 3. The van der Waals surface area contributed by atoms with E-state index in [4.69, 9.17) is 18.9 Å². The molecule has 4 heterocycles. The van der Waals surface area contributed by atoms with Crippen LogP contribution in [0, 0.1) is 11.8 Å². The van der Waals surface area contributed by atoms with Crippen LogP contribution in [0.4, 0.5) is 4.79 Å². The lowest BCUT2D eigenvalue weighted by molar-refractivity contribution is -0.121. The molecular weight excluding hydrogens is 514 g/mol. The van der Waals surface area contributed by atoms with Crippen LogP contribution in [0.1, 0.15) is 66.2 Å². The van der Waals surface area contributed by atoms with Crippen LogP contribution < -0.4 is 0 Å². The van der Waals surface area contributed by atoms with Gasteiger partial charge in [0, 0.05) is 31.8 Å². The summed E-state index contributed by atoms with van der Waals surface area (Å²) in [6.45, 7) is 9.44. The highest BCUT2D eigenvalue weighted by atomic mass is 16.6. The Morgan fingerprint density at radius 3 is 2.62 bits per heavy atom. The molecule has 4 aliphatic heterocycles. The molecule has 0 aliphatic carbocycles. The third-order valence-electron chi connectivity index (χ3n) is 8.71. The second-order valence-corrected chi connectivity index (χ2v) is 11.9. The van der Waals surface area contributed by atoms with Gasteiger partial charge in [0.05, 0.1) is 25.4 Å². The minimum Gasteiger partial charge on any atom is -0.442 e. The first-order chi connectivity index (χ1) is 19.1. The fraction of sp³-hybridized carbons (Fsp3) is 0.710. The molecule has 1 N–H and O–H groups in total. The lowest BCUT2D eigenvalue weighted by Gasteiger charge is -2.34. The molecule has 1 amide bonds. The van der Waals surface area contributed by atoms with Gasteiger partial charge in [0.25, 0.3) is 0 Å². The molecule has 40 heavy (non-hydrogen) atoms. The van der Waals surface area contributed by atoms with Crippen molar-refractivity contribution in [2.24, 2.45) is 11.8 Å². The average molecular weight is 560 g/mol. The van der Waals surface area contributed by atoms with E-state index in [-0.39, 0.29) is 41.7 Å². The summed E-state index contributed by atoms with van der Waals surface area (Å²) >= 11 is 0. The van der Waals surface area contributed by atoms with Crippen molar-refractivity contribution in [1.29, 1.82) is 0 Å². The number of likely N-dealkylation sites (tertiary alicyclic amines) is 1. The van der Waals surface area contributed by atoms with Crippen molar-refractivity contribution in [3.05, 3.63) is 36.0 Å². The van der Waals surface area contributed by atoms with E-state index in [9.17, 15) is 19.5 Å². The van der Waals surface area contributed by atoms with Gasteiger partial charge in [-0.25, -0.2) is 4.79 Å². The molecule has 4 saturated heterocycles. The predicted molar refractivity (Wildman–Crippen MR) is 149 cm³/mol. The molecule has 0 radical (unpaired) electrons. The van der Waals surface area contributed by atoms with Crippen molar-refractivity contribution < 1.29 is 38.4 Å². The lowest BCUT2D eigenvalue weighted by atomic mass is 9.87. The molecule has 1 unspecified atom stereocenters. The largest absolute Gasteiger partial charge is 0.442 e. The number of carbonyl (C=O) groups is 3. The van der Waals surface area contributed by atoms with E-state index in [1.807, 2.05) is 26.0 Å². The van der Waals surface area contributed by atoms with Crippen molar-refractivity contribution in [2.75, 3.05) is 26.3 Å². The van der Waals surface area contributed by atoms with E-state index in [0.717, 1.165) is 31.3 Å². The molecule has 4 fully saturated rings. The maximum atomic E-state index is 12.6. The summed E-state index contributed by atoms with van der Waals surface area (Å²) in [5, 5.41) is 10.5. The van der Waals surface area contributed by atoms with E-state index in [0.29, 0.717) is 39.1 Å². The zero-order valence-electron chi connectivity index (χ0n) is 24.3. The van der Waals surface area contributed by atoms with Gasteiger partial charge in [-0.3, -0.25) is 9.59 Å². The van der Waals surface area contributed by atoms with E-state index in [2.05, 4.69) is 6.08 Å². The van der Waals surface area contributed by atoms with Gasteiger partial charge >= 0.3 is 6.09 Å². The Bertz CT molecular complexity index is 1010. The molecule has 8 atom stereocenters. The Morgan fingerprint density at radius 2 is 1.95 bits per heavy atom. The second-order valence-electron chi connectivity index (χ2n) is 11.9. The molecule has 0 aromatic heterocycles. The molecule has 0 aromatic carbocycles. The van der Waals surface area contributed by atoms with Gasteiger partial charge < -0.3 is 29.0 Å². The summed E-state index contributed by atoms with van der Waals surface area (Å²) in [7, 11) is 0. The Kier molecular flexibility index (Phi) is 10.4. The van der Waals surface area contributed by atoms with Gasteiger partial charge in [-0.1, -0.05) is 23.8 Å². The highest BCUT2D eigenvalue weighted by Crippen LogP contribution is 2.40. The number of epoxide rings is 1. The van der Waals surface area contributed by atoms with Gasteiger partial charge in [0.1, 0.15) is 29.7 Å². The average Bonchev–Trinajstić information content (AvgIpc) is 3.50. The first kappa shape index (κ1) is 30.6. The van der Waals surface area contributed by atoms with Crippen LogP contribution in [0.3, 0.4) is 0 Å². The number of aliphatic hydroxyl groups excluding tert-OH is 1. The van der Waals surface area contributed by atoms with Crippen LogP contribution >= 0.6 is 0 Å². The zero-order valence-corrected chi connectivity index (χ0v) is 24.3. The number of hydrogen-bond acceptors (Lipinski definition) is 8. The predicted octanol–water partition coefficient (Wildman–Crippen LogP) is 3.93. The Morgan fingerprint density at radius 1 is 1.18 bits per heavy atom. The highest BCUT2D eigenvalue weighted by molar-refractivity contribution is 5.90. The fourth-order valence-electron chi connectivity index (χ4n) is 5.77. The summed E-state index contributed by atoms with van der Waals surface area (Å²) in [6.07, 6.45) is 11.7. The Labute approximate surface area is 237 Å². The van der Waals surface area contributed by atoms with Crippen molar-refractivity contribution in [3.8, 4) is 0 Å². The number of ketones is 2. The number of rotatable bonds is 10. The summed E-state index contributed by atoms with van der Waals surface area (Å²) in [5.41, 5.74) is 0.690. The summed E-state index contributed by atoms with van der Waals surface area (Å²) in [5.74, 6) is 0.115. The standard InChI is InChI=1S/C31H45NO8/c1-20(6-12-28-29(35)31(19-38-31)14-16-37-28)5-10-27-11-8-24(23(4)40-27)17-26(34)9-7-21(2)39-30(36)32-15-13-25(18-32)22(3)33/h5-7,9,12,21,23-25,27-29,35H,8,10-11,13-19H2,1-4H3/b9-7-,12-6+,20-5+/t21-,23+,24-,25-,27-,28?,29+,31+/m0/s1. The van der Waals surface area contributed by atoms with Gasteiger partial charge in [0.15, 0.2) is 5.78 Å². The zero-order chi connectivity index (χ0) is 28.9. The molecule has 1 spiro atoms. The quantitative estimate of drug-likeness (QED) is 0.243. The molecule has 9 heteroatoms. The normalized spacial score (nSPS) is 35.4. The molecule has 9 nitrogen and oxygen atoms in total. The number of hydrogen-bond donors (Lipinski definition) is 1. The van der Waals surface area contributed by atoms with Gasteiger partial charge in [-0.15, -0.1) is 0 Å². The molecule has 4 aliphatic rings. The Hall–Kier alpha value is -2.33. The van der Waals surface area contributed by atoms with Gasteiger partial charge in [-0.05, 0) is 71.4 Å². The van der Waals surface area contributed by atoms with Crippen molar-refractivity contribution in [1.82, 2.24) is 4.90 Å². The topological polar surface area (TPSA) is 115 Å². The van der Waals surface area contributed by atoms with E-state index < -0.39 is 23.9 Å². The third-order valence-corrected chi connectivity index (χ3v) is 8.71. The van der Waals surface area contributed by atoms with Crippen LogP contribution in [-0.4, -0.2) is 90.1 Å². The maximum Gasteiger partial charge on any atom is 0.410 e. The van der Waals surface area contributed by atoms with Crippen LogP contribution in [0.25, 0.3) is 0 Å². The van der Waals surface area contributed by atoms with Gasteiger partial charge in [0.2, 0.25) is 0 Å². The van der Waals surface area contributed by atoms with E-state index in [1.165, 1.54) is 6.08 Å². The highest BCUT2D eigenvalue weighted by Gasteiger charge is 2.55. The van der Waals surface area contributed by atoms with Crippen LogP contribution in [-0.2, 0) is 28.5 Å². The first-order valence-electron chi connectivity index (χ1n) is 14.7. The number of nitrogens with zero attached hydrogens (tertiary/aromatic N) is 1. The smallest absolute Gasteiger partial charge is 0.410 e. The minimum absolute atomic E-state index is 0.00834.